The van der Waals surface area contributed by atoms with Crippen molar-refractivity contribution in [1.29, 1.82) is 0 Å². The first-order chi connectivity index (χ1) is 10.7. The highest BCUT2D eigenvalue weighted by Gasteiger charge is 2.38. The molecule has 3 rings (SSSR count). The van der Waals surface area contributed by atoms with E-state index in [9.17, 15) is 4.39 Å². The van der Waals surface area contributed by atoms with Crippen LogP contribution in [0.1, 0.15) is 36.4 Å². The average molecular weight is 299 g/mol. The maximum atomic E-state index is 13.3. The number of methoxy groups -OCH3 is 1. The van der Waals surface area contributed by atoms with E-state index in [1.54, 1.807) is 19.2 Å². The van der Waals surface area contributed by atoms with E-state index >= 15 is 0 Å². The van der Waals surface area contributed by atoms with E-state index in [0.717, 1.165) is 24.3 Å². The largest absolute Gasteiger partial charge is 0.497 e. The monoisotopic (exact) mass is 299 g/mol. The molecule has 22 heavy (non-hydrogen) atoms. The minimum atomic E-state index is -0.138. The van der Waals surface area contributed by atoms with Crippen LogP contribution in [0.25, 0.3) is 0 Å². The molecule has 0 aromatic heterocycles. The lowest BCUT2D eigenvalue weighted by Gasteiger charge is -2.15. The van der Waals surface area contributed by atoms with Gasteiger partial charge in [0.05, 0.1) is 7.11 Å². The molecule has 1 N–H and O–H groups in total. The van der Waals surface area contributed by atoms with Crippen molar-refractivity contribution >= 4 is 0 Å². The molecule has 0 amide bonds. The molecule has 2 nitrogen and oxygen atoms in total. The van der Waals surface area contributed by atoms with Crippen molar-refractivity contribution in [2.24, 2.45) is 5.92 Å². The molecule has 116 valence electrons. The van der Waals surface area contributed by atoms with Gasteiger partial charge in [-0.2, -0.15) is 0 Å². The molecule has 3 atom stereocenters. The number of halogens is 1. The Kier molecular flexibility index (Phi) is 4.44. The number of rotatable bonds is 6. The van der Waals surface area contributed by atoms with Crippen LogP contribution in [0.3, 0.4) is 0 Å². The minimum absolute atomic E-state index is 0.138. The molecule has 1 aliphatic carbocycles. The number of nitrogens with one attached hydrogen (secondary N) is 1. The molecule has 2 aromatic rings. The maximum Gasteiger partial charge on any atom is 0.123 e. The summed E-state index contributed by atoms with van der Waals surface area (Å²) < 4.78 is 18.5. The lowest BCUT2D eigenvalue weighted by Crippen LogP contribution is -2.21. The lowest BCUT2D eigenvalue weighted by atomic mass is 10.1. The highest BCUT2D eigenvalue weighted by molar-refractivity contribution is 5.30. The van der Waals surface area contributed by atoms with E-state index < -0.39 is 0 Å². The summed E-state index contributed by atoms with van der Waals surface area (Å²) in [5.74, 6) is 1.85. The Morgan fingerprint density at radius 1 is 1.23 bits per heavy atom. The second-order valence-electron chi connectivity index (χ2n) is 6.06. The van der Waals surface area contributed by atoms with E-state index in [1.165, 1.54) is 11.6 Å². The predicted octanol–water partition coefficient (Wildman–Crippen LogP) is 4.29. The van der Waals surface area contributed by atoms with Crippen molar-refractivity contribution in [3.8, 4) is 5.75 Å². The molecule has 2 aromatic carbocycles. The van der Waals surface area contributed by atoms with E-state index in [2.05, 4.69) is 24.4 Å². The first-order valence-corrected chi connectivity index (χ1v) is 7.80. The second-order valence-corrected chi connectivity index (χ2v) is 6.06. The number of ether oxygens (including phenoxy) is 1. The van der Waals surface area contributed by atoms with Crippen LogP contribution in [0.5, 0.6) is 5.75 Å². The van der Waals surface area contributed by atoms with Gasteiger partial charge in [0.1, 0.15) is 11.6 Å². The summed E-state index contributed by atoms with van der Waals surface area (Å²) in [5, 5.41) is 3.58. The Hall–Kier alpha value is -1.87. The molecular weight excluding hydrogens is 277 g/mol. The summed E-state index contributed by atoms with van der Waals surface area (Å²) in [5.41, 5.74) is 2.35. The van der Waals surface area contributed by atoms with Gasteiger partial charge in [0.2, 0.25) is 0 Å². The van der Waals surface area contributed by atoms with Gasteiger partial charge < -0.3 is 10.1 Å². The van der Waals surface area contributed by atoms with E-state index in [-0.39, 0.29) is 11.9 Å². The molecule has 0 aliphatic heterocycles. The highest BCUT2D eigenvalue weighted by atomic mass is 19.1. The molecular formula is C19H22FNO. The van der Waals surface area contributed by atoms with Crippen LogP contribution in [0.4, 0.5) is 4.39 Å². The highest BCUT2D eigenvalue weighted by Crippen LogP contribution is 2.47. The van der Waals surface area contributed by atoms with Crippen molar-refractivity contribution in [2.75, 3.05) is 13.7 Å². The van der Waals surface area contributed by atoms with Crippen LogP contribution in [0, 0.1) is 11.7 Å². The maximum absolute atomic E-state index is 13.3. The van der Waals surface area contributed by atoms with Gasteiger partial charge in [0, 0.05) is 6.04 Å². The Bertz CT molecular complexity index is 643. The van der Waals surface area contributed by atoms with Crippen molar-refractivity contribution in [3.63, 3.8) is 0 Å². The zero-order valence-corrected chi connectivity index (χ0v) is 13.1. The van der Waals surface area contributed by atoms with Crippen LogP contribution in [-0.4, -0.2) is 13.7 Å². The summed E-state index contributed by atoms with van der Waals surface area (Å²) >= 11 is 0. The van der Waals surface area contributed by atoms with Gasteiger partial charge in [-0.1, -0.05) is 24.3 Å². The van der Waals surface area contributed by atoms with Gasteiger partial charge >= 0.3 is 0 Å². The lowest BCUT2D eigenvalue weighted by molar-refractivity contribution is 0.413. The van der Waals surface area contributed by atoms with Crippen LogP contribution >= 0.6 is 0 Å². The zero-order valence-electron chi connectivity index (χ0n) is 13.1. The number of benzene rings is 2. The van der Waals surface area contributed by atoms with Crippen LogP contribution in [0.15, 0.2) is 48.5 Å². The number of hydrogen-bond acceptors (Lipinski definition) is 2. The third kappa shape index (κ3) is 3.47. The standard InChI is InChI=1S/C19H22FNO/c1-13(14-5-4-8-18(10-14)22-2)21-12-16-11-19(16)15-6-3-7-17(20)9-15/h3-10,13,16,19,21H,11-12H2,1-2H3/t13-,16+,19+/m1/s1. The van der Waals surface area contributed by atoms with Crippen molar-refractivity contribution in [2.45, 2.75) is 25.3 Å². The molecule has 3 heteroatoms. The van der Waals surface area contributed by atoms with Crippen LogP contribution < -0.4 is 10.1 Å². The van der Waals surface area contributed by atoms with E-state index in [4.69, 9.17) is 4.74 Å². The van der Waals surface area contributed by atoms with Gasteiger partial charge in [-0.15, -0.1) is 0 Å². The Balaban J connectivity index is 1.53. The molecule has 1 saturated carbocycles. The van der Waals surface area contributed by atoms with Crippen LogP contribution in [0.2, 0.25) is 0 Å². The van der Waals surface area contributed by atoms with Gasteiger partial charge in [0.15, 0.2) is 0 Å². The minimum Gasteiger partial charge on any atom is -0.497 e. The average Bonchev–Trinajstić information content (AvgIpc) is 3.32. The summed E-state index contributed by atoms with van der Waals surface area (Å²) in [7, 11) is 1.69. The van der Waals surface area contributed by atoms with Crippen molar-refractivity contribution < 1.29 is 9.13 Å². The Labute approximate surface area is 131 Å². The van der Waals surface area contributed by atoms with E-state index in [1.807, 2.05) is 18.2 Å². The first kappa shape index (κ1) is 15.0. The molecule has 0 saturated heterocycles. The molecule has 0 heterocycles. The molecule has 0 radical (unpaired) electrons. The quantitative estimate of drug-likeness (QED) is 0.859. The number of hydrogen-bond donors (Lipinski definition) is 1. The summed E-state index contributed by atoms with van der Waals surface area (Å²) in [6.45, 7) is 3.12. The van der Waals surface area contributed by atoms with Gasteiger partial charge in [-0.05, 0) is 67.1 Å². The third-order valence-electron chi connectivity index (χ3n) is 4.48. The predicted molar refractivity (Wildman–Crippen MR) is 86.7 cm³/mol. The van der Waals surface area contributed by atoms with E-state index in [0.29, 0.717) is 11.8 Å². The first-order valence-electron chi connectivity index (χ1n) is 7.80. The third-order valence-corrected chi connectivity index (χ3v) is 4.48. The fourth-order valence-corrected chi connectivity index (χ4v) is 2.98. The Morgan fingerprint density at radius 3 is 2.82 bits per heavy atom. The molecule has 0 spiro atoms. The van der Waals surface area contributed by atoms with Crippen molar-refractivity contribution in [1.82, 2.24) is 5.32 Å². The van der Waals surface area contributed by atoms with Crippen molar-refractivity contribution in [3.05, 3.63) is 65.5 Å². The molecule has 1 aliphatic rings. The second kappa shape index (κ2) is 6.49. The van der Waals surface area contributed by atoms with Gasteiger partial charge in [0.25, 0.3) is 0 Å². The van der Waals surface area contributed by atoms with Gasteiger partial charge in [-0.25, -0.2) is 4.39 Å². The smallest absolute Gasteiger partial charge is 0.123 e. The molecule has 0 unspecified atom stereocenters. The fourth-order valence-electron chi connectivity index (χ4n) is 2.98. The molecule has 0 bridgehead atoms. The Morgan fingerprint density at radius 2 is 2.05 bits per heavy atom. The summed E-state index contributed by atoms with van der Waals surface area (Å²) in [6.07, 6.45) is 1.14. The molecule has 1 fully saturated rings. The normalized spacial score (nSPS) is 21.4. The topological polar surface area (TPSA) is 21.3 Å². The summed E-state index contributed by atoms with van der Waals surface area (Å²) in [6, 6.07) is 15.4. The fraction of sp³-hybridized carbons (Fsp3) is 0.368. The van der Waals surface area contributed by atoms with Gasteiger partial charge in [-0.3, -0.25) is 0 Å². The SMILES string of the molecule is COc1cccc([C@@H](C)NC[C@@H]2C[C@H]2c2cccc(F)c2)c1. The van der Waals surface area contributed by atoms with Crippen LogP contribution in [-0.2, 0) is 0 Å². The summed E-state index contributed by atoms with van der Waals surface area (Å²) in [4.78, 5) is 0. The zero-order chi connectivity index (χ0) is 15.5.